The fraction of sp³-hybridized carbons (Fsp3) is 0.500. The molecule has 1 aromatic carbocycles. The lowest BCUT2D eigenvalue weighted by molar-refractivity contribution is 0.570. The number of nitrogens with zero attached hydrogens (tertiary/aromatic N) is 3. The molecule has 0 atom stereocenters. The lowest BCUT2D eigenvalue weighted by atomic mass is 9.96. The van der Waals surface area contributed by atoms with Gasteiger partial charge in [0.25, 0.3) is 0 Å². The minimum atomic E-state index is -0.167. The summed E-state index contributed by atoms with van der Waals surface area (Å²) < 4.78 is 15.0. The number of hydrogen-bond donors (Lipinski definition) is 1. The molecule has 1 heterocycles. The van der Waals surface area contributed by atoms with Gasteiger partial charge in [-0.1, -0.05) is 12.1 Å². The molecule has 0 bridgehead atoms. The van der Waals surface area contributed by atoms with E-state index in [2.05, 4.69) is 22.2 Å². The highest BCUT2D eigenvalue weighted by molar-refractivity contribution is 5.48. The number of nitrogens with one attached hydrogen (secondary N) is 1. The van der Waals surface area contributed by atoms with E-state index in [1.54, 1.807) is 12.1 Å². The van der Waals surface area contributed by atoms with E-state index in [-0.39, 0.29) is 11.2 Å². The average molecular weight is 316 g/mol. The van der Waals surface area contributed by atoms with Gasteiger partial charge in [0.05, 0.1) is 5.69 Å². The minimum absolute atomic E-state index is 0.167. The largest absolute Gasteiger partial charge is 0.363 e. The second-order valence-electron chi connectivity index (χ2n) is 6.80. The van der Waals surface area contributed by atoms with E-state index in [1.165, 1.54) is 11.1 Å². The second-order valence-corrected chi connectivity index (χ2v) is 6.80. The lowest BCUT2D eigenvalue weighted by Gasteiger charge is -2.19. The van der Waals surface area contributed by atoms with Crippen molar-refractivity contribution in [2.45, 2.75) is 31.7 Å². The molecule has 1 aliphatic carbocycles. The number of aromatic nitrogens is 2. The van der Waals surface area contributed by atoms with Crippen LogP contribution in [0, 0.1) is 12.7 Å². The molecule has 4 nitrogen and oxygen atoms in total. The molecular weight excluding hydrogens is 291 g/mol. The molecule has 23 heavy (non-hydrogen) atoms. The summed E-state index contributed by atoms with van der Waals surface area (Å²) >= 11 is 0. The second kappa shape index (κ2) is 5.96. The van der Waals surface area contributed by atoms with Crippen molar-refractivity contribution in [3.8, 4) is 0 Å². The van der Waals surface area contributed by atoms with Crippen LogP contribution in [0.1, 0.15) is 29.7 Å². The third kappa shape index (κ3) is 3.11. The highest BCUT2D eigenvalue weighted by atomic mass is 19.1. The van der Waals surface area contributed by atoms with E-state index in [4.69, 9.17) is 0 Å². The zero-order chi connectivity index (χ0) is 16.6. The van der Waals surface area contributed by atoms with E-state index in [1.807, 2.05) is 38.0 Å². The maximum atomic E-state index is 13.1. The van der Waals surface area contributed by atoms with Crippen LogP contribution in [-0.4, -0.2) is 30.4 Å². The number of anilines is 1. The summed E-state index contributed by atoms with van der Waals surface area (Å²) in [4.78, 5) is 2.10. The average Bonchev–Trinajstić information content (AvgIpc) is 3.21. The Hall–Kier alpha value is -1.88. The van der Waals surface area contributed by atoms with Crippen LogP contribution in [0.3, 0.4) is 0 Å². The molecule has 0 unspecified atom stereocenters. The Morgan fingerprint density at radius 2 is 1.91 bits per heavy atom. The first-order chi connectivity index (χ1) is 10.9. The predicted octanol–water partition coefficient (Wildman–Crippen LogP) is 2.76. The Morgan fingerprint density at radius 1 is 1.26 bits per heavy atom. The van der Waals surface area contributed by atoms with E-state index in [0.29, 0.717) is 0 Å². The first-order valence-electron chi connectivity index (χ1n) is 8.09. The van der Waals surface area contributed by atoms with Gasteiger partial charge in [0.1, 0.15) is 11.6 Å². The third-order valence-electron chi connectivity index (χ3n) is 4.81. The van der Waals surface area contributed by atoms with Gasteiger partial charge in [0, 0.05) is 45.2 Å². The zero-order valence-electron chi connectivity index (χ0n) is 14.4. The molecule has 0 amide bonds. The van der Waals surface area contributed by atoms with Crippen LogP contribution in [0.4, 0.5) is 10.2 Å². The quantitative estimate of drug-likeness (QED) is 0.889. The summed E-state index contributed by atoms with van der Waals surface area (Å²) in [6.07, 6.45) is 2.33. The van der Waals surface area contributed by atoms with E-state index < -0.39 is 0 Å². The van der Waals surface area contributed by atoms with Gasteiger partial charge in [-0.3, -0.25) is 4.68 Å². The van der Waals surface area contributed by atoms with Crippen molar-refractivity contribution in [2.24, 2.45) is 7.05 Å². The van der Waals surface area contributed by atoms with Gasteiger partial charge in [-0.05, 0) is 37.5 Å². The van der Waals surface area contributed by atoms with Crippen molar-refractivity contribution in [1.29, 1.82) is 0 Å². The van der Waals surface area contributed by atoms with Gasteiger partial charge in [-0.15, -0.1) is 0 Å². The van der Waals surface area contributed by atoms with Crippen LogP contribution in [0.25, 0.3) is 0 Å². The Labute approximate surface area is 137 Å². The van der Waals surface area contributed by atoms with E-state index in [0.717, 1.165) is 37.4 Å². The highest BCUT2D eigenvalue weighted by Gasteiger charge is 2.43. The van der Waals surface area contributed by atoms with Crippen molar-refractivity contribution < 1.29 is 4.39 Å². The van der Waals surface area contributed by atoms with Crippen molar-refractivity contribution >= 4 is 5.82 Å². The van der Waals surface area contributed by atoms with Crippen LogP contribution in [0.5, 0.6) is 0 Å². The summed E-state index contributed by atoms with van der Waals surface area (Å²) in [6.45, 7) is 3.77. The lowest BCUT2D eigenvalue weighted by Crippen LogP contribution is -2.27. The molecule has 3 rings (SSSR count). The van der Waals surface area contributed by atoms with Gasteiger partial charge < -0.3 is 10.2 Å². The van der Waals surface area contributed by atoms with Crippen molar-refractivity contribution in [3.05, 3.63) is 46.9 Å². The van der Waals surface area contributed by atoms with Crippen molar-refractivity contribution in [2.75, 3.05) is 25.5 Å². The first-order valence-corrected chi connectivity index (χ1v) is 8.09. The monoisotopic (exact) mass is 316 g/mol. The van der Waals surface area contributed by atoms with Crippen molar-refractivity contribution in [1.82, 2.24) is 15.1 Å². The minimum Gasteiger partial charge on any atom is -0.363 e. The number of aryl methyl sites for hydroxylation is 2. The predicted molar refractivity (Wildman–Crippen MR) is 91.3 cm³/mol. The van der Waals surface area contributed by atoms with Gasteiger partial charge >= 0.3 is 0 Å². The molecule has 0 spiro atoms. The first kappa shape index (κ1) is 16.0. The molecule has 124 valence electrons. The van der Waals surface area contributed by atoms with Crippen LogP contribution in [0.2, 0.25) is 0 Å². The summed E-state index contributed by atoms with van der Waals surface area (Å²) in [5.41, 5.74) is 3.73. The van der Waals surface area contributed by atoms with E-state index >= 15 is 0 Å². The molecule has 0 aliphatic heterocycles. The maximum Gasteiger partial charge on any atom is 0.130 e. The number of halogens is 1. The van der Waals surface area contributed by atoms with Crippen molar-refractivity contribution in [3.63, 3.8) is 0 Å². The molecular formula is C18H25FN4. The van der Waals surface area contributed by atoms with Crippen LogP contribution >= 0.6 is 0 Å². The van der Waals surface area contributed by atoms with Gasteiger partial charge in [0.2, 0.25) is 0 Å². The molecule has 0 radical (unpaired) electrons. The molecule has 1 N–H and O–H groups in total. The highest BCUT2D eigenvalue weighted by Crippen LogP contribution is 2.47. The summed E-state index contributed by atoms with van der Waals surface area (Å²) in [5, 5.41) is 8.12. The fourth-order valence-corrected chi connectivity index (χ4v) is 3.40. The van der Waals surface area contributed by atoms with Crippen LogP contribution in [-0.2, 0) is 19.0 Å². The summed E-state index contributed by atoms with van der Waals surface area (Å²) in [7, 11) is 6.06. The Balaban J connectivity index is 1.67. The molecule has 0 saturated heterocycles. The SMILES string of the molecule is Cc1nn(C)c(N(C)C)c1CNCC1(c2ccc(F)cc2)CC1. The van der Waals surface area contributed by atoms with Crippen LogP contribution < -0.4 is 10.2 Å². The zero-order valence-corrected chi connectivity index (χ0v) is 14.4. The van der Waals surface area contributed by atoms with Gasteiger partial charge in [0.15, 0.2) is 0 Å². The van der Waals surface area contributed by atoms with Gasteiger partial charge in [-0.2, -0.15) is 5.10 Å². The topological polar surface area (TPSA) is 33.1 Å². The number of hydrogen-bond acceptors (Lipinski definition) is 3. The normalized spacial score (nSPS) is 15.7. The Kier molecular flexibility index (Phi) is 4.15. The third-order valence-corrected chi connectivity index (χ3v) is 4.81. The molecule has 1 saturated carbocycles. The molecule has 1 fully saturated rings. The molecule has 5 heteroatoms. The molecule has 2 aromatic rings. The molecule has 1 aromatic heterocycles. The summed E-state index contributed by atoms with van der Waals surface area (Å²) in [6, 6.07) is 6.96. The Bertz CT molecular complexity index is 684. The summed E-state index contributed by atoms with van der Waals surface area (Å²) in [5.74, 6) is 0.973. The Morgan fingerprint density at radius 3 is 2.48 bits per heavy atom. The van der Waals surface area contributed by atoms with Crippen LogP contribution in [0.15, 0.2) is 24.3 Å². The number of benzene rings is 1. The maximum absolute atomic E-state index is 13.1. The smallest absolute Gasteiger partial charge is 0.130 e. The van der Waals surface area contributed by atoms with Gasteiger partial charge in [-0.25, -0.2) is 4.39 Å². The fourth-order valence-electron chi connectivity index (χ4n) is 3.40. The molecule has 1 aliphatic rings. The number of rotatable bonds is 6. The standard InChI is InChI=1S/C18H25FN4/c1-13-16(17(22(2)3)23(4)21-13)11-20-12-18(9-10-18)14-5-7-15(19)8-6-14/h5-8,20H,9-12H2,1-4H3. The van der Waals surface area contributed by atoms with E-state index in [9.17, 15) is 4.39 Å².